The molecule has 0 saturated carbocycles. The largest absolute Gasteiger partial charge is 0.162 e. The smallest absolute Gasteiger partial charge is 0.00675 e. The molecule has 0 aromatic heterocycles. The second-order valence-corrected chi connectivity index (χ2v) is 3.04. The van der Waals surface area contributed by atoms with Gasteiger partial charge in [0, 0.05) is 0 Å². The standard InChI is InChI=1S/C7H15S/c1-3-5-7-8-6-4-2/h1,3-7H2,2H3. The van der Waals surface area contributed by atoms with Crippen molar-refractivity contribution in [3.8, 4) is 0 Å². The van der Waals surface area contributed by atoms with Gasteiger partial charge in [0.1, 0.15) is 0 Å². The first kappa shape index (κ1) is 8.35. The summed E-state index contributed by atoms with van der Waals surface area (Å²) in [6.45, 7) is 5.99. The fraction of sp³-hybridized carbons (Fsp3) is 0.857. The molecule has 1 radical (unpaired) electrons. The molecule has 0 rings (SSSR count). The van der Waals surface area contributed by atoms with Gasteiger partial charge in [-0.25, -0.2) is 0 Å². The van der Waals surface area contributed by atoms with Gasteiger partial charge in [-0.05, 0) is 24.3 Å². The monoisotopic (exact) mass is 131 g/mol. The zero-order valence-corrected chi connectivity index (χ0v) is 6.47. The number of rotatable bonds is 5. The van der Waals surface area contributed by atoms with E-state index in [0.29, 0.717) is 0 Å². The van der Waals surface area contributed by atoms with Crippen LogP contribution in [0.4, 0.5) is 0 Å². The van der Waals surface area contributed by atoms with Gasteiger partial charge in [0.05, 0.1) is 0 Å². The minimum atomic E-state index is 1.09. The van der Waals surface area contributed by atoms with E-state index in [1.165, 1.54) is 24.3 Å². The van der Waals surface area contributed by atoms with Crippen molar-refractivity contribution in [1.82, 2.24) is 0 Å². The van der Waals surface area contributed by atoms with Gasteiger partial charge in [-0.3, -0.25) is 0 Å². The van der Waals surface area contributed by atoms with Gasteiger partial charge < -0.3 is 0 Å². The molecule has 0 N–H and O–H groups in total. The van der Waals surface area contributed by atoms with E-state index >= 15 is 0 Å². The first-order valence-electron chi connectivity index (χ1n) is 3.28. The maximum absolute atomic E-state index is 3.77. The lowest BCUT2D eigenvalue weighted by Crippen LogP contribution is -1.79. The third-order valence-corrected chi connectivity index (χ3v) is 2.16. The number of thioether (sulfide) groups is 1. The maximum Gasteiger partial charge on any atom is -0.00675 e. The molecule has 0 aliphatic heterocycles. The molecule has 1 heteroatoms. The van der Waals surface area contributed by atoms with E-state index in [1.54, 1.807) is 0 Å². The van der Waals surface area contributed by atoms with E-state index in [2.05, 4.69) is 13.8 Å². The minimum absolute atomic E-state index is 1.09. The Hall–Kier alpha value is 0.350. The fourth-order valence-electron chi connectivity index (χ4n) is 0.451. The predicted octanol–water partition coefficient (Wildman–Crippen LogP) is 2.74. The number of hydrogen-bond donors (Lipinski definition) is 0. The van der Waals surface area contributed by atoms with Crippen LogP contribution in [0.2, 0.25) is 0 Å². The third-order valence-electron chi connectivity index (χ3n) is 0.887. The lowest BCUT2D eigenvalue weighted by atomic mass is 10.4. The molecule has 0 aromatic rings. The summed E-state index contributed by atoms with van der Waals surface area (Å²) >= 11 is 2.04. The van der Waals surface area contributed by atoms with E-state index in [-0.39, 0.29) is 0 Å². The molecule has 0 atom stereocenters. The van der Waals surface area contributed by atoms with Crippen molar-refractivity contribution in [1.29, 1.82) is 0 Å². The minimum Gasteiger partial charge on any atom is -0.162 e. The van der Waals surface area contributed by atoms with E-state index in [0.717, 1.165) is 6.42 Å². The zero-order valence-electron chi connectivity index (χ0n) is 5.65. The van der Waals surface area contributed by atoms with Gasteiger partial charge in [0.15, 0.2) is 0 Å². The Balaban J connectivity index is 2.53. The van der Waals surface area contributed by atoms with Crippen molar-refractivity contribution in [2.75, 3.05) is 11.5 Å². The van der Waals surface area contributed by atoms with Gasteiger partial charge >= 0.3 is 0 Å². The van der Waals surface area contributed by atoms with Crippen LogP contribution < -0.4 is 0 Å². The lowest BCUT2D eigenvalue weighted by Gasteiger charge is -1.94. The molecule has 8 heavy (non-hydrogen) atoms. The second kappa shape index (κ2) is 7.35. The summed E-state index contributed by atoms with van der Waals surface area (Å²) in [5.41, 5.74) is 0. The quantitative estimate of drug-likeness (QED) is 0.517. The van der Waals surface area contributed by atoms with Crippen LogP contribution in [-0.4, -0.2) is 11.5 Å². The molecule has 49 valence electrons. The fourth-order valence-corrected chi connectivity index (χ4v) is 1.35. The van der Waals surface area contributed by atoms with Crippen LogP contribution in [0.25, 0.3) is 0 Å². The molecule has 0 fully saturated rings. The normalized spacial score (nSPS) is 9.75. The summed E-state index contributed by atoms with van der Waals surface area (Å²) in [5.74, 6) is 2.62. The van der Waals surface area contributed by atoms with E-state index in [4.69, 9.17) is 0 Å². The third kappa shape index (κ3) is 6.35. The summed E-state index contributed by atoms with van der Waals surface area (Å²) in [6, 6.07) is 0. The lowest BCUT2D eigenvalue weighted by molar-refractivity contribution is 0.966. The Kier molecular flexibility index (Phi) is 7.67. The van der Waals surface area contributed by atoms with Crippen LogP contribution in [0.3, 0.4) is 0 Å². The molecule has 0 bridgehead atoms. The van der Waals surface area contributed by atoms with E-state index in [1.807, 2.05) is 11.8 Å². The van der Waals surface area contributed by atoms with Crippen LogP contribution in [0.5, 0.6) is 0 Å². The average Bonchev–Trinajstić information content (AvgIpc) is 1.81. The SMILES string of the molecule is [CH2]CCCSCCC. The van der Waals surface area contributed by atoms with Crippen molar-refractivity contribution < 1.29 is 0 Å². The Bertz CT molecular complexity index is 29.4. The molecular weight excluding hydrogens is 116 g/mol. The zero-order chi connectivity index (χ0) is 6.24. The van der Waals surface area contributed by atoms with Gasteiger partial charge in [0.25, 0.3) is 0 Å². The summed E-state index contributed by atoms with van der Waals surface area (Å²) < 4.78 is 0. The molecule has 0 nitrogen and oxygen atoms in total. The second-order valence-electron chi connectivity index (χ2n) is 1.82. The van der Waals surface area contributed by atoms with Gasteiger partial charge in [-0.15, -0.1) is 0 Å². The highest BCUT2D eigenvalue weighted by atomic mass is 32.2. The van der Waals surface area contributed by atoms with E-state index in [9.17, 15) is 0 Å². The van der Waals surface area contributed by atoms with Crippen molar-refractivity contribution in [3.63, 3.8) is 0 Å². The first-order valence-corrected chi connectivity index (χ1v) is 4.44. The topological polar surface area (TPSA) is 0 Å². The molecule has 0 unspecified atom stereocenters. The van der Waals surface area contributed by atoms with Crippen LogP contribution in [0.15, 0.2) is 0 Å². The van der Waals surface area contributed by atoms with Crippen molar-refractivity contribution in [2.45, 2.75) is 26.2 Å². The van der Waals surface area contributed by atoms with Crippen molar-refractivity contribution in [2.24, 2.45) is 0 Å². The summed E-state index contributed by atoms with van der Waals surface area (Å²) in [6.07, 6.45) is 3.68. The molecule has 0 aliphatic rings. The Morgan fingerprint density at radius 2 is 2.12 bits per heavy atom. The van der Waals surface area contributed by atoms with Crippen LogP contribution in [-0.2, 0) is 0 Å². The molecule has 0 amide bonds. The Morgan fingerprint density at radius 3 is 2.62 bits per heavy atom. The van der Waals surface area contributed by atoms with Gasteiger partial charge in [0.2, 0.25) is 0 Å². The van der Waals surface area contributed by atoms with Crippen LogP contribution >= 0.6 is 11.8 Å². The van der Waals surface area contributed by atoms with Crippen LogP contribution in [0.1, 0.15) is 26.2 Å². The predicted molar refractivity (Wildman–Crippen MR) is 42.2 cm³/mol. The average molecular weight is 131 g/mol. The molecule has 0 spiro atoms. The molecule has 0 heterocycles. The highest BCUT2D eigenvalue weighted by Gasteiger charge is 1.83. The van der Waals surface area contributed by atoms with Crippen LogP contribution in [0, 0.1) is 6.92 Å². The Morgan fingerprint density at radius 1 is 1.38 bits per heavy atom. The number of hydrogen-bond acceptors (Lipinski definition) is 1. The van der Waals surface area contributed by atoms with Gasteiger partial charge in [-0.2, -0.15) is 11.8 Å². The molecule has 0 saturated heterocycles. The summed E-state index contributed by atoms with van der Waals surface area (Å²) in [4.78, 5) is 0. The number of unbranched alkanes of at least 4 members (excludes halogenated alkanes) is 1. The highest BCUT2D eigenvalue weighted by Crippen LogP contribution is 2.04. The van der Waals surface area contributed by atoms with Crippen molar-refractivity contribution in [3.05, 3.63) is 6.92 Å². The molecule has 0 aliphatic carbocycles. The summed E-state index contributed by atoms with van der Waals surface area (Å²) in [5, 5.41) is 0. The molecular formula is C7H15S. The molecule has 0 aromatic carbocycles. The highest BCUT2D eigenvalue weighted by molar-refractivity contribution is 7.99. The summed E-state index contributed by atoms with van der Waals surface area (Å²) in [7, 11) is 0. The maximum atomic E-state index is 3.77. The first-order chi connectivity index (χ1) is 3.91. The van der Waals surface area contributed by atoms with Crippen molar-refractivity contribution >= 4 is 11.8 Å². The van der Waals surface area contributed by atoms with Gasteiger partial charge in [-0.1, -0.05) is 20.3 Å². The Labute approximate surface area is 57.1 Å². The van der Waals surface area contributed by atoms with E-state index < -0.39 is 0 Å².